The summed E-state index contributed by atoms with van der Waals surface area (Å²) < 4.78 is 37.6. The third-order valence-corrected chi connectivity index (χ3v) is 2.70. The van der Waals surface area contributed by atoms with Gasteiger partial charge in [-0.05, 0) is 11.6 Å². The fraction of sp³-hybridized carbons (Fsp3) is 0.462. The minimum atomic E-state index is -4.45. The van der Waals surface area contributed by atoms with Crippen LogP contribution >= 0.6 is 0 Å². The Morgan fingerprint density at radius 1 is 1.15 bits per heavy atom. The maximum absolute atomic E-state index is 12.5. The van der Waals surface area contributed by atoms with Crippen molar-refractivity contribution in [3.05, 3.63) is 35.4 Å². The minimum Gasteiger partial charge on any atom is -0.395 e. The van der Waals surface area contributed by atoms with E-state index in [0.717, 1.165) is 12.1 Å². The van der Waals surface area contributed by atoms with Crippen LogP contribution in [0.25, 0.3) is 0 Å². The van der Waals surface area contributed by atoms with Gasteiger partial charge in [0.05, 0.1) is 25.2 Å². The first kappa shape index (κ1) is 16.5. The molecule has 0 heterocycles. The van der Waals surface area contributed by atoms with Gasteiger partial charge in [-0.1, -0.05) is 18.2 Å². The van der Waals surface area contributed by atoms with E-state index in [-0.39, 0.29) is 38.3 Å². The van der Waals surface area contributed by atoms with Crippen molar-refractivity contribution in [3.63, 3.8) is 0 Å². The second kappa shape index (κ2) is 7.25. The van der Waals surface area contributed by atoms with Crippen LogP contribution in [-0.2, 0) is 17.4 Å². The summed E-state index contributed by atoms with van der Waals surface area (Å²) in [6, 6.07) is 4.54. The van der Waals surface area contributed by atoms with Crippen molar-refractivity contribution >= 4 is 5.91 Å². The van der Waals surface area contributed by atoms with Crippen LogP contribution in [-0.4, -0.2) is 47.3 Å². The number of rotatable bonds is 6. The van der Waals surface area contributed by atoms with E-state index in [1.54, 1.807) is 0 Å². The molecule has 2 N–H and O–H groups in total. The lowest BCUT2D eigenvalue weighted by Crippen LogP contribution is -2.36. The third-order valence-electron chi connectivity index (χ3n) is 2.70. The van der Waals surface area contributed by atoms with Gasteiger partial charge in [0.2, 0.25) is 5.91 Å². The number of hydrogen-bond donors (Lipinski definition) is 2. The summed E-state index contributed by atoms with van der Waals surface area (Å²) in [7, 11) is 0. The molecule has 0 unspecified atom stereocenters. The number of alkyl halides is 3. The molecule has 1 aromatic carbocycles. The highest BCUT2D eigenvalue weighted by atomic mass is 19.4. The van der Waals surface area contributed by atoms with E-state index in [1.807, 2.05) is 0 Å². The van der Waals surface area contributed by atoms with E-state index in [2.05, 4.69) is 0 Å². The SMILES string of the molecule is O=C(Cc1cccc(C(F)(F)F)c1)N(CCO)CCO. The van der Waals surface area contributed by atoms with Crippen LogP contribution in [0.15, 0.2) is 24.3 Å². The first-order valence-electron chi connectivity index (χ1n) is 6.04. The summed E-state index contributed by atoms with van der Waals surface area (Å²) in [6.45, 7) is -0.459. The molecule has 7 heteroatoms. The Balaban J connectivity index is 2.79. The molecule has 1 rings (SSSR count). The van der Waals surface area contributed by atoms with Crippen molar-refractivity contribution in [2.24, 2.45) is 0 Å². The zero-order valence-corrected chi connectivity index (χ0v) is 10.7. The quantitative estimate of drug-likeness (QED) is 0.824. The Hall–Kier alpha value is -1.60. The monoisotopic (exact) mass is 291 g/mol. The number of carbonyl (C=O) groups is 1. The fourth-order valence-electron chi connectivity index (χ4n) is 1.75. The molecule has 0 spiro atoms. The zero-order valence-electron chi connectivity index (χ0n) is 10.7. The number of amides is 1. The van der Waals surface area contributed by atoms with Crippen LogP contribution in [0.4, 0.5) is 13.2 Å². The highest BCUT2D eigenvalue weighted by Crippen LogP contribution is 2.29. The van der Waals surface area contributed by atoms with Crippen molar-refractivity contribution in [3.8, 4) is 0 Å². The summed E-state index contributed by atoms with van der Waals surface area (Å²) in [4.78, 5) is 13.1. The standard InChI is InChI=1S/C13H16F3NO3/c14-13(15,16)11-3-1-2-10(8-11)9-12(20)17(4-6-18)5-7-19/h1-3,8,18-19H,4-7,9H2. The highest BCUT2D eigenvalue weighted by molar-refractivity contribution is 5.78. The molecular weight excluding hydrogens is 275 g/mol. The molecule has 0 saturated carbocycles. The molecule has 0 atom stereocenters. The van der Waals surface area contributed by atoms with Crippen molar-refractivity contribution in [2.75, 3.05) is 26.3 Å². The van der Waals surface area contributed by atoms with Crippen LogP contribution in [0, 0.1) is 0 Å². The van der Waals surface area contributed by atoms with Crippen LogP contribution in [0.2, 0.25) is 0 Å². The number of halogens is 3. The number of aliphatic hydroxyl groups excluding tert-OH is 2. The maximum atomic E-state index is 12.5. The number of benzene rings is 1. The molecule has 0 fully saturated rings. The second-order valence-corrected chi connectivity index (χ2v) is 4.20. The average molecular weight is 291 g/mol. The van der Waals surface area contributed by atoms with Crippen molar-refractivity contribution in [1.29, 1.82) is 0 Å². The first-order chi connectivity index (χ1) is 9.38. The van der Waals surface area contributed by atoms with Gasteiger partial charge in [0.25, 0.3) is 0 Å². The largest absolute Gasteiger partial charge is 0.416 e. The molecule has 1 amide bonds. The van der Waals surface area contributed by atoms with Gasteiger partial charge in [0.1, 0.15) is 0 Å². The molecule has 0 aliphatic heterocycles. The Morgan fingerprint density at radius 2 is 1.75 bits per heavy atom. The smallest absolute Gasteiger partial charge is 0.395 e. The molecule has 0 radical (unpaired) electrons. The Labute approximate surface area is 114 Å². The Kier molecular flexibility index (Phi) is 5.97. The van der Waals surface area contributed by atoms with Gasteiger partial charge in [-0.25, -0.2) is 0 Å². The van der Waals surface area contributed by atoms with E-state index in [4.69, 9.17) is 10.2 Å². The van der Waals surface area contributed by atoms with Gasteiger partial charge >= 0.3 is 6.18 Å². The number of nitrogens with zero attached hydrogens (tertiary/aromatic N) is 1. The van der Waals surface area contributed by atoms with Crippen molar-refractivity contribution in [2.45, 2.75) is 12.6 Å². The second-order valence-electron chi connectivity index (χ2n) is 4.20. The zero-order chi connectivity index (χ0) is 15.2. The lowest BCUT2D eigenvalue weighted by Gasteiger charge is -2.20. The van der Waals surface area contributed by atoms with E-state index < -0.39 is 17.6 Å². The van der Waals surface area contributed by atoms with Crippen LogP contribution in [0.5, 0.6) is 0 Å². The summed E-state index contributed by atoms with van der Waals surface area (Å²) in [6.07, 6.45) is -4.65. The Bertz CT molecular complexity index is 443. The molecule has 0 aliphatic rings. The van der Waals surface area contributed by atoms with E-state index in [0.29, 0.717) is 0 Å². The highest BCUT2D eigenvalue weighted by Gasteiger charge is 2.30. The van der Waals surface area contributed by atoms with E-state index in [9.17, 15) is 18.0 Å². The average Bonchev–Trinajstić information content (AvgIpc) is 2.38. The number of aliphatic hydroxyl groups is 2. The van der Waals surface area contributed by atoms with Gasteiger partial charge in [0.15, 0.2) is 0 Å². The van der Waals surface area contributed by atoms with Crippen molar-refractivity contribution < 1.29 is 28.2 Å². The van der Waals surface area contributed by atoms with Crippen LogP contribution in [0.1, 0.15) is 11.1 Å². The Morgan fingerprint density at radius 3 is 2.25 bits per heavy atom. The van der Waals surface area contributed by atoms with E-state index >= 15 is 0 Å². The lowest BCUT2D eigenvalue weighted by molar-refractivity contribution is -0.138. The normalized spacial score (nSPS) is 11.4. The predicted octanol–water partition coefficient (Wildman–Crippen LogP) is 1.06. The number of hydrogen-bond acceptors (Lipinski definition) is 3. The van der Waals surface area contributed by atoms with E-state index in [1.165, 1.54) is 17.0 Å². The van der Waals surface area contributed by atoms with Gasteiger partial charge < -0.3 is 15.1 Å². The van der Waals surface area contributed by atoms with Crippen LogP contribution in [0.3, 0.4) is 0 Å². The summed E-state index contributed by atoms with van der Waals surface area (Å²) in [5.41, 5.74) is -0.565. The van der Waals surface area contributed by atoms with Gasteiger partial charge in [-0.15, -0.1) is 0 Å². The molecule has 0 aromatic heterocycles. The molecule has 0 saturated heterocycles. The molecule has 0 bridgehead atoms. The van der Waals surface area contributed by atoms with Gasteiger partial charge in [-0.3, -0.25) is 4.79 Å². The molecule has 112 valence electrons. The minimum absolute atomic E-state index is 0.0400. The number of carbonyl (C=O) groups excluding carboxylic acids is 1. The molecule has 20 heavy (non-hydrogen) atoms. The predicted molar refractivity (Wildman–Crippen MR) is 65.9 cm³/mol. The molecule has 0 aliphatic carbocycles. The topological polar surface area (TPSA) is 60.8 Å². The summed E-state index contributed by atoms with van der Waals surface area (Å²) in [5.74, 6) is -0.438. The summed E-state index contributed by atoms with van der Waals surface area (Å²) >= 11 is 0. The first-order valence-corrected chi connectivity index (χ1v) is 6.04. The van der Waals surface area contributed by atoms with Gasteiger partial charge in [-0.2, -0.15) is 13.2 Å². The maximum Gasteiger partial charge on any atom is 0.416 e. The molecule has 4 nitrogen and oxygen atoms in total. The lowest BCUT2D eigenvalue weighted by atomic mass is 10.1. The molecular formula is C13H16F3NO3. The van der Waals surface area contributed by atoms with Crippen LogP contribution < -0.4 is 0 Å². The van der Waals surface area contributed by atoms with Crippen molar-refractivity contribution in [1.82, 2.24) is 4.90 Å². The van der Waals surface area contributed by atoms with Gasteiger partial charge in [0, 0.05) is 13.1 Å². The third kappa shape index (κ3) is 4.82. The summed E-state index contributed by atoms with van der Waals surface area (Å²) in [5, 5.41) is 17.6. The fourth-order valence-corrected chi connectivity index (χ4v) is 1.75. The molecule has 1 aromatic rings.